The molecule has 1 amide bonds. The number of ether oxygens (including phenoxy) is 1. The molecule has 0 aromatic rings. The van der Waals surface area contributed by atoms with E-state index >= 15 is 0 Å². The van der Waals surface area contributed by atoms with Gasteiger partial charge in [0.1, 0.15) is 5.60 Å². The van der Waals surface area contributed by atoms with E-state index in [1.165, 1.54) is 6.42 Å². The molecule has 0 heterocycles. The average molecular weight is 272 g/mol. The molecule has 0 saturated heterocycles. The number of alkyl carbamates (subject to hydrolysis) is 1. The minimum atomic E-state index is -0.439. The number of nitrogens with one attached hydrogen (secondary N) is 2. The molecule has 2 unspecified atom stereocenters. The molecule has 0 rings (SSSR count). The van der Waals surface area contributed by atoms with Gasteiger partial charge in [0.2, 0.25) is 0 Å². The van der Waals surface area contributed by atoms with Crippen LogP contribution in [-0.2, 0) is 4.74 Å². The van der Waals surface area contributed by atoms with Gasteiger partial charge in [-0.2, -0.15) is 0 Å². The second kappa shape index (κ2) is 8.41. The lowest BCUT2D eigenvalue weighted by Crippen LogP contribution is -2.44. The zero-order valence-electron chi connectivity index (χ0n) is 13.7. The van der Waals surface area contributed by atoms with Crippen LogP contribution >= 0.6 is 0 Å². The second-order valence-corrected chi connectivity index (χ2v) is 6.82. The molecule has 0 saturated carbocycles. The first kappa shape index (κ1) is 18.2. The van der Waals surface area contributed by atoms with Gasteiger partial charge in [0.25, 0.3) is 0 Å². The van der Waals surface area contributed by atoms with Gasteiger partial charge in [0.15, 0.2) is 0 Å². The zero-order chi connectivity index (χ0) is 15.1. The average Bonchev–Trinajstić information content (AvgIpc) is 2.21. The quantitative estimate of drug-likeness (QED) is 0.747. The Balaban J connectivity index is 3.80. The molecule has 2 N–H and O–H groups in total. The summed E-state index contributed by atoms with van der Waals surface area (Å²) in [5, 5.41) is 6.27. The highest BCUT2D eigenvalue weighted by Crippen LogP contribution is 2.07. The molecule has 4 nitrogen and oxygen atoms in total. The predicted octanol–water partition coefficient (Wildman–Crippen LogP) is 3.31. The van der Waals surface area contributed by atoms with Crippen LogP contribution in [0.5, 0.6) is 0 Å². The molecule has 2 atom stereocenters. The highest BCUT2D eigenvalue weighted by Gasteiger charge is 2.16. The highest BCUT2D eigenvalue weighted by molar-refractivity contribution is 5.67. The lowest BCUT2D eigenvalue weighted by Gasteiger charge is -2.23. The van der Waals surface area contributed by atoms with E-state index in [-0.39, 0.29) is 12.1 Å². The van der Waals surface area contributed by atoms with Crippen molar-refractivity contribution < 1.29 is 9.53 Å². The Morgan fingerprint density at radius 3 is 2.11 bits per heavy atom. The van der Waals surface area contributed by atoms with E-state index in [4.69, 9.17) is 4.74 Å². The van der Waals surface area contributed by atoms with Crippen LogP contribution in [0.15, 0.2) is 0 Å². The van der Waals surface area contributed by atoms with Crippen LogP contribution in [0.25, 0.3) is 0 Å². The maximum atomic E-state index is 11.5. The Labute approximate surface area is 118 Å². The van der Waals surface area contributed by atoms with Gasteiger partial charge in [-0.25, -0.2) is 4.79 Å². The van der Waals surface area contributed by atoms with Gasteiger partial charge in [-0.3, -0.25) is 0 Å². The third kappa shape index (κ3) is 12.0. The first-order valence-corrected chi connectivity index (χ1v) is 7.33. The topological polar surface area (TPSA) is 50.4 Å². The summed E-state index contributed by atoms with van der Waals surface area (Å²) in [5.41, 5.74) is -0.439. The molecule has 0 bridgehead atoms. The molecule has 0 fully saturated rings. The summed E-state index contributed by atoms with van der Waals surface area (Å²) in [6, 6.07) is 0.715. The van der Waals surface area contributed by atoms with Crippen molar-refractivity contribution in [1.82, 2.24) is 10.6 Å². The van der Waals surface area contributed by atoms with Gasteiger partial charge < -0.3 is 15.4 Å². The Morgan fingerprint density at radius 1 is 1.05 bits per heavy atom. The van der Waals surface area contributed by atoms with Crippen LogP contribution in [0.4, 0.5) is 4.79 Å². The second-order valence-electron chi connectivity index (χ2n) is 6.82. The summed E-state index contributed by atoms with van der Waals surface area (Å²) in [6.45, 7) is 14.9. The van der Waals surface area contributed by atoms with Crippen LogP contribution in [-0.4, -0.2) is 30.3 Å². The lowest BCUT2D eigenvalue weighted by molar-refractivity contribution is 0.0522. The number of carbonyl (C=O) groups excluding carboxylic acids is 1. The first-order chi connectivity index (χ1) is 8.60. The van der Waals surface area contributed by atoms with E-state index in [1.54, 1.807) is 0 Å². The van der Waals surface area contributed by atoms with Crippen LogP contribution in [0.1, 0.15) is 61.3 Å². The Morgan fingerprint density at radius 2 is 1.63 bits per heavy atom. The third-order valence-electron chi connectivity index (χ3n) is 2.70. The van der Waals surface area contributed by atoms with E-state index in [1.807, 2.05) is 20.8 Å². The molecular formula is C15H32N2O2. The molecule has 0 aliphatic carbocycles. The van der Waals surface area contributed by atoms with Crippen molar-refractivity contribution in [3.8, 4) is 0 Å². The Kier molecular flexibility index (Phi) is 8.07. The van der Waals surface area contributed by atoms with Crippen molar-refractivity contribution in [3.63, 3.8) is 0 Å². The zero-order valence-corrected chi connectivity index (χ0v) is 13.7. The van der Waals surface area contributed by atoms with Crippen molar-refractivity contribution in [2.75, 3.05) is 6.54 Å². The standard InChI is InChI=1S/C15H32N2O2/c1-11(2)8-9-12(3)17-13(4)10-16-14(18)19-15(5,6)7/h11-13,17H,8-10H2,1-7H3,(H,16,18). The molecule has 0 aromatic heterocycles. The van der Waals surface area contributed by atoms with Gasteiger partial charge in [-0.1, -0.05) is 13.8 Å². The number of amides is 1. The molecule has 0 spiro atoms. The van der Waals surface area contributed by atoms with Crippen molar-refractivity contribution in [2.45, 2.75) is 79.0 Å². The summed E-state index contributed by atoms with van der Waals surface area (Å²) >= 11 is 0. The largest absolute Gasteiger partial charge is 0.444 e. The van der Waals surface area contributed by atoms with E-state index in [2.05, 4.69) is 38.3 Å². The molecule has 0 aliphatic rings. The number of rotatable bonds is 7. The van der Waals surface area contributed by atoms with Crippen LogP contribution in [0, 0.1) is 5.92 Å². The summed E-state index contributed by atoms with van der Waals surface area (Å²) in [4.78, 5) is 11.5. The van der Waals surface area contributed by atoms with Crippen molar-refractivity contribution in [3.05, 3.63) is 0 Å². The molecule has 4 heteroatoms. The van der Waals surface area contributed by atoms with Crippen molar-refractivity contribution in [1.29, 1.82) is 0 Å². The minimum Gasteiger partial charge on any atom is -0.444 e. The predicted molar refractivity (Wildman–Crippen MR) is 80.4 cm³/mol. The molecule has 0 aliphatic heterocycles. The van der Waals surface area contributed by atoms with Gasteiger partial charge in [0, 0.05) is 18.6 Å². The molecule has 0 radical (unpaired) electrons. The highest BCUT2D eigenvalue weighted by atomic mass is 16.6. The smallest absolute Gasteiger partial charge is 0.407 e. The fourth-order valence-corrected chi connectivity index (χ4v) is 1.76. The summed E-state index contributed by atoms with van der Waals surface area (Å²) in [5.74, 6) is 0.736. The first-order valence-electron chi connectivity index (χ1n) is 7.33. The third-order valence-corrected chi connectivity index (χ3v) is 2.70. The van der Waals surface area contributed by atoms with E-state index < -0.39 is 5.60 Å². The van der Waals surface area contributed by atoms with Gasteiger partial charge in [-0.15, -0.1) is 0 Å². The van der Waals surface area contributed by atoms with Crippen molar-refractivity contribution in [2.24, 2.45) is 5.92 Å². The fourth-order valence-electron chi connectivity index (χ4n) is 1.76. The number of carbonyl (C=O) groups is 1. The Hall–Kier alpha value is -0.770. The fraction of sp³-hybridized carbons (Fsp3) is 0.933. The lowest BCUT2D eigenvalue weighted by atomic mass is 10.0. The van der Waals surface area contributed by atoms with E-state index in [0.29, 0.717) is 12.6 Å². The molecule has 0 aromatic carbocycles. The minimum absolute atomic E-state index is 0.245. The SMILES string of the molecule is CC(C)CCC(C)NC(C)CNC(=O)OC(C)(C)C. The number of hydrogen-bond donors (Lipinski definition) is 2. The van der Waals surface area contributed by atoms with Crippen molar-refractivity contribution >= 4 is 6.09 Å². The molecular weight excluding hydrogens is 240 g/mol. The summed E-state index contributed by atoms with van der Waals surface area (Å²) < 4.78 is 5.19. The summed E-state index contributed by atoms with van der Waals surface area (Å²) in [7, 11) is 0. The van der Waals surface area contributed by atoms with Crippen LogP contribution in [0.2, 0.25) is 0 Å². The molecule has 19 heavy (non-hydrogen) atoms. The van der Waals surface area contributed by atoms with Crippen LogP contribution in [0.3, 0.4) is 0 Å². The van der Waals surface area contributed by atoms with Crippen LogP contribution < -0.4 is 10.6 Å². The molecule has 114 valence electrons. The maximum absolute atomic E-state index is 11.5. The van der Waals surface area contributed by atoms with Gasteiger partial charge in [-0.05, 0) is 53.4 Å². The Bertz CT molecular complexity index is 259. The monoisotopic (exact) mass is 272 g/mol. The normalized spacial score (nSPS) is 15.2. The van der Waals surface area contributed by atoms with Gasteiger partial charge in [0.05, 0.1) is 0 Å². The van der Waals surface area contributed by atoms with Gasteiger partial charge >= 0.3 is 6.09 Å². The van der Waals surface area contributed by atoms with E-state index in [0.717, 1.165) is 12.3 Å². The van der Waals surface area contributed by atoms with E-state index in [9.17, 15) is 4.79 Å². The number of hydrogen-bond acceptors (Lipinski definition) is 3. The maximum Gasteiger partial charge on any atom is 0.407 e. The summed E-state index contributed by atoms with van der Waals surface area (Å²) in [6.07, 6.45) is 2.03.